The van der Waals surface area contributed by atoms with E-state index in [4.69, 9.17) is 0 Å². The molecule has 0 aromatic heterocycles. The van der Waals surface area contributed by atoms with Gasteiger partial charge in [0.25, 0.3) is 0 Å². The van der Waals surface area contributed by atoms with Crippen molar-refractivity contribution in [2.75, 3.05) is 39.8 Å². The van der Waals surface area contributed by atoms with Gasteiger partial charge in [0.05, 0.1) is 0 Å². The van der Waals surface area contributed by atoms with Crippen molar-refractivity contribution < 1.29 is 0 Å². The molecule has 2 N–H and O–H groups in total. The molecule has 5 heteroatoms. The first-order chi connectivity index (χ1) is 6.34. The molecule has 1 fully saturated rings. The van der Waals surface area contributed by atoms with E-state index < -0.39 is 0 Å². The van der Waals surface area contributed by atoms with Gasteiger partial charge < -0.3 is 10.3 Å². The number of hydrogen-bond donors (Lipinski definition) is 2. The highest BCUT2D eigenvalue weighted by Gasteiger charge is 2.16. The minimum absolute atomic E-state index is 1.08. The largest absolute Gasteiger partial charge is 0.318 e. The molecule has 0 spiro atoms. The summed E-state index contributed by atoms with van der Waals surface area (Å²) in [5.74, 6) is 0. The number of rotatable bonds is 2. The summed E-state index contributed by atoms with van der Waals surface area (Å²) in [6.45, 7) is 5.85. The predicted octanol–water partition coefficient (Wildman–Crippen LogP) is -0.169. The van der Waals surface area contributed by atoms with Crippen LogP contribution in [0.2, 0.25) is 0 Å². The maximum atomic E-state index is 3.01. The summed E-state index contributed by atoms with van der Waals surface area (Å²) < 4.78 is 0. The van der Waals surface area contributed by atoms with Crippen molar-refractivity contribution >= 4 is 11.9 Å². The monoisotopic (exact) mass is 200 g/mol. The molecular formula is C8H16N4S. The number of piperazine rings is 1. The smallest absolute Gasteiger partial charge is 0.0331 e. The molecule has 0 radical (unpaired) electrons. The zero-order valence-corrected chi connectivity index (χ0v) is 8.73. The third-order valence-electron chi connectivity index (χ3n) is 2.45. The van der Waals surface area contributed by atoms with E-state index in [0.29, 0.717) is 0 Å². The Kier molecular flexibility index (Phi) is 3.10. The highest BCUT2D eigenvalue weighted by molar-refractivity contribution is 8.01. The standard InChI is InChI=1S/C8H16N4S/c1-11-2-4-12(5-3-11)7-8-6-9-10-13-8/h6,9-10H,2-5,7H2,1H3. The van der Waals surface area contributed by atoms with Crippen LogP contribution >= 0.6 is 11.9 Å². The van der Waals surface area contributed by atoms with Crippen molar-refractivity contribution in [3.63, 3.8) is 0 Å². The van der Waals surface area contributed by atoms with Crippen LogP contribution in [0, 0.1) is 0 Å². The van der Waals surface area contributed by atoms with Crippen molar-refractivity contribution in [1.29, 1.82) is 0 Å². The number of likely N-dealkylation sites (N-methyl/N-ethyl adjacent to an activating group) is 1. The van der Waals surface area contributed by atoms with E-state index in [9.17, 15) is 0 Å². The molecule has 4 nitrogen and oxygen atoms in total. The number of hydrazine groups is 1. The molecule has 2 aliphatic rings. The van der Waals surface area contributed by atoms with E-state index in [2.05, 4.69) is 27.1 Å². The van der Waals surface area contributed by atoms with E-state index in [-0.39, 0.29) is 0 Å². The molecule has 2 heterocycles. The van der Waals surface area contributed by atoms with Crippen molar-refractivity contribution in [2.45, 2.75) is 0 Å². The van der Waals surface area contributed by atoms with Gasteiger partial charge in [-0.15, -0.1) is 0 Å². The van der Waals surface area contributed by atoms with E-state index in [1.807, 2.05) is 6.20 Å². The highest BCUT2D eigenvalue weighted by atomic mass is 32.2. The van der Waals surface area contributed by atoms with Crippen molar-refractivity contribution in [2.24, 2.45) is 0 Å². The molecule has 0 amide bonds. The topological polar surface area (TPSA) is 30.5 Å². The van der Waals surface area contributed by atoms with Crippen LogP contribution in [-0.2, 0) is 0 Å². The Morgan fingerprint density at radius 3 is 2.77 bits per heavy atom. The van der Waals surface area contributed by atoms with Crippen molar-refractivity contribution in [1.82, 2.24) is 20.1 Å². The van der Waals surface area contributed by atoms with Crippen LogP contribution in [0.3, 0.4) is 0 Å². The van der Waals surface area contributed by atoms with Gasteiger partial charge in [0.2, 0.25) is 0 Å². The molecule has 2 rings (SSSR count). The second kappa shape index (κ2) is 4.32. The summed E-state index contributed by atoms with van der Waals surface area (Å²) in [6, 6.07) is 0. The SMILES string of the molecule is CN1CCN(CC2=CNNS2)CC1. The minimum atomic E-state index is 1.08. The fraction of sp³-hybridized carbons (Fsp3) is 0.750. The van der Waals surface area contributed by atoms with Gasteiger partial charge in [0.1, 0.15) is 0 Å². The van der Waals surface area contributed by atoms with Gasteiger partial charge in [-0.1, -0.05) is 0 Å². The summed E-state index contributed by atoms with van der Waals surface area (Å²) in [6.07, 6.45) is 2.04. The van der Waals surface area contributed by atoms with Crippen LogP contribution in [-0.4, -0.2) is 49.6 Å². The third-order valence-corrected chi connectivity index (χ3v) is 3.18. The Morgan fingerprint density at radius 2 is 2.15 bits per heavy atom. The lowest BCUT2D eigenvalue weighted by atomic mass is 10.3. The Labute approximate surface area is 83.4 Å². The molecule has 0 atom stereocenters. The Bertz CT molecular complexity index is 198. The minimum Gasteiger partial charge on any atom is -0.318 e. The van der Waals surface area contributed by atoms with Gasteiger partial charge in [0, 0.05) is 43.8 Å². The lowest BCUT2D eigenvalue weighted by Gasteiger charge is -2.32. The van der Waals surface area contributed by atoms with Gasteiger partial charge in [-0.25, -0.2) is 0 Å². The van der Waals surface area contributed by atoms with Crippen LogP contribution in [0.25, 0.3) is 0 Å². The summed E-state index contributed by atoms with van der Waals surface area (Å²) in [7, 11) is 2.18. The first kappa shape index (κ1) is 9.33. The molecule has 74 valence electrons. The molecule has 0 aromatic carbocycles. The maximum Gasteiger partial charge on any atom is 0.0331 e. The lowest BCUT2D eigenvalue weighted by molar-refractivity contribution is 0.166. The van der Waals surface area contributed by atoms with E-state index >= 15 is 0 Å². The zero-order valence-electron chi connectivity index (χ0n) is 7.92. The van der Waals surface area contributed by atoms with Crippen molar-refractivity contribution in [3.05, 3.63) is 11.1 Å². The predicted molar refractivity (Wildman–Crippen MR) is 55.9 cm³/mol. The first-order valence-corrected chi connectivity index (χ1v) is 5.43. The Morgan fingerprint density at radius 1 is 1.38 bits per heavy atom. The number of nitrogens with zero attached hydrogens (tertiary/aromatic N) is 2. The molecule has 0 unspecified atom stereocenters. The average molecular weight is 200 g/mol. The second-order valence-electron chi connectivity index (χ2n) is 3.54. The van der Waals surface area contributed by atoms with Crippen molar-refractivity contribution in [3.8, 4) is 0 Å². The Balaban J connectivity index is 1.75. The first-order valence-electron chi connectivity index (χ1n) is 4.62. The fourth-order valence-electron chi connectivity index (χ4n) is 1.54. The zero-order chi connectivity index (χ0) is 9.10. The van der Waals surface area contributed by atoms with E-state index in [1.165, 1.54) is 31.1 Å². The van der Waals surface area contributed by atoms with E-state index in [0.717, 1.165) is 6.54 Å². The average Bonchev–Trinajstić information content (AvgIpc) is 2.62. The van der Waals surface area contributed by atoms with Gasteiger partial charge in [-0.2, -0.15) is 4.83 Å². The second-order valence-corrected chi connectivity index (χ2v) is 4.47. The van der Waals surface area contributed by atoms with Gasteiger partial charge in [-0.3, -0.25) is 4.90 Å². The maximum absolute atomic E-state index is 3.01. The van der Waals surface area contributed by atoms with Crippen LogP contribution in [0.15, 0.2) is 11.1 Å². The van der Waals surface area contributed by atoms with Gasteiger partial charge in [0.15, 0.2) is 0 Å². The summed E-state index contributed by atoms with van der Waals surface area (Å²) >= 11 is 1.68. The van der Waals surface area contributed by atoms with Gasteiger partial charge >= 0.3 is 0 Å². The Hall–Kier alpha value is -0.230. The lowest BCUT2D eigenvalue weighted by Crippen LogP contribution is -2.44. The molecule has 13 heavy (non-hydrogen) atoms. The quantitative estimate of drug-likeness (QED) is 0.605. The van der Waals surface area contributed by atoms with E-state index in [1.54, 1.807) is 11.9 Å². The molecule has 0 bridgehead atoms. The fourth-order valence-corrected chi connectivity index (χ4v) is 2.15. The molecule has 1 saturated heterocycles. The molecular weight excluding hydrogens is 184 g/mol. The van der Waals surface area contributed by atoms with Gasteiger partial charge in [-0.05, 0) is 19.0 Å². The third kappa shape index (κ3) is 2.60. The summed E-state index contributed by atoms with van der Waals surface area (Å²) in [4.78, 5) is 9.26. The summed E-state index contributed by atoms with van der Waals surface area (Å²) in [5, 5.41) is 0. The molecule has 0 aromatic rings. The molecule has 0 saturated carbocycles. The number of nitrogens with one attached hydrogen (secondary N) is 2. The molecule has 0 aliphatic carbocycles. The number of hydrogen-bond acceptors (Lipinski definition) is 5. The summed E-state index contributed by atoms with van der Waals surface area (Å²) in [5.41, 5.74) is 2.98. The van der Waals surface area contributed by atoms with Crippen LogP contribution < -0.4 is 10.3 Å². The normalized spacial score (nSPS) is 25.8. The molecule has 2 aliphatic heterocycles. The van der Waals surface area contributed by atoms with Crippen LogP contribution in [0.5, 0.6) is 0 Å². The van der Waals surface area contributed by atoms with Crippen LogP contribution in [0.1, 0.15) is 0 Å². The van der Waals surface area contributed by atoms with Crippen LogP contribution in [0.4, 0.5) is 0 Å². The highest BCUT2D eigenvalue weighted by Crippen LogP contribution is 2.16.